The van der Waals surface area contributed by atoms with Crippen LogP contribution in [0.5, 0.6) is 23.0 Å². The van der Waals surface area contributed by atoms with E-state index in [0.29, 0.717) is 66.5 Å². The van der Waals surface area contributed by atoms with Crippen LogP contribution in [-0.4, -0.2) is 80.1 Å². The molecule has 0 spiro atoms. The van der Waals surface area contributed by atoms with Crippen molar-refractivity contribution >= 4 is 28.2 Å². The summed E-state index contributed by atoms with van der Waals surface area (Å²) in [6, 6.07) is 11.6. The number of aromatic amines is 1. The molecule has 2 heterocycles. The predicted octanol–water partition coefficient (Wildman–Crippen LogP) is 3.58. The lowest BCUT2D eigenvalue weighted by atomic mass is 10.1. The van der Waals surface area contributed by atoms with Crippen molar-refractivity contribution in [2.45, 2.75) is 26.8 Å². The Balaban J connectivity index is 1.49. The summed E-state index contributed by atoms with van der Waals surface area (Å²) in [6.45, 7) is 9.78. The fourth-order valence-corrected chi connectivity index (χ4v) is 4.89. The topological polar surface area (TPSA) is 88.3 Å². The van der Waals surface area contributed by atoms with Gasteiger partial charge in [0.25, 0.3) is 5.56 Å². The number of H-pyrrole nitrogens is 1. The van der Waals surface area contributed by atoms with Gasteiger partial charge in [-0.1, -0.05) is 19.9 Å². The smallest absolute Gasteiger partial charge is 0.253 e. The second kappa shape index (κ2) is 13.5. The number of pyridine rings is 1. The zero-order chi connectivity index (χ0) is 27.8. The van der Waals surface area contributed by atoms with Crippen molar-refractivity contribution in [3.8, 4) is 23.0 Å². The maximum absolute atomic E-state index is 13.1. The number of aromatic nitrogens is 1. The maximum Gasteiger partial charge on any atom is 0.253 e. The molecule has 0 fully saturated rings. The predicted molar refractivity (Wildman–Crippen MR) is 158 cm³/mol. The quantitative estimate of drug-likeness (QED) is 0.326. The van der Waals surface area contributed by atoms with E-state index in [1.807, 2.05) is 36.4 Å². The molecule has 1 aliphatic rings. The second-order valence-corrected chi connectivity index (χ2v) is 9.71. The first-order chi connectivity index (χ1) is 18.9. The molecule has 2 N–H and O–H groups in total. The van der Waals surface area contributed by atoms with E-state index in [4.69, 9.17) is 31.2 Å². The second-order valence-electron chi connectivity index (χ2n) is 9.33. The lowest BCUT2D eigenvalue weighted by Crippen LogP contribution is -2.44. The Hall–Kier alpha value is -3.50. The Labute approximate surface area is 235 Å². The molecule has 0 saturated carbocycles. The first-order valence-electron chi connectivity index (χ1n) is 13.4. The summed E-state index contributed by atoms with van der Waals surface area (Å²) >= 11 is 5.82. The molecule has 4 rings (SSSR count). The fraction of sp³-hybridized carbons (Fsp3) is 0.448. The molecule has 0 amide bonds. The first kappa shape index (κ1) is 28.5. The summed E-state index contributed by atoms with van der Waals surface area (Å²) in [4.78, 5) is 20.5. The van der Waals surface area contributed by atoms with Crippen LogP contribution in [0.2, 0.25) is 0 Å². The van der Waals surface area contributed by atoms with E-state index in [1.165, 1.54) is 0 Å². The van der Waals surface area contributed by atoms with E-state index in [2.05, 4.69) is 33.9 Å². The van der Waals surface area contributed by atoms with Gasteiger partial charge in [0, 0.05) is 36.7 Å². The highest BCUT2D eigenvalue weighted by Gasteiger charge is 2.17. The van der Waals surface area contributed by atoms with Crippen LogP contribution in [0.1, 0.15) is 25.0 Å². The monoisotopic (exact) mass is 554 g/mol. The van der Waals surface area contributed by atoms with Crippen molar-refractivity contribution in [2.75, 3.05) is 60.2 Å². The average Bonchev–Trinajstić information content (AvgIpc) is 2.96. The van der Waals surface area contributed by atoms with Gasteiger partial charge in [0.2, 0.25) is 0 Å². The molecule has 3 aromatic rings. The van der Waals surface area contributed by atoms with Crippen LogP contribution in [0, 0.1) is 0 Å². The van der Waals surface area contributed by atoms with Gasteiger partial charge in [0.05, 0.1) is 26.3 Å². The summed E-state index contributed by atoms with van der Waals surface area (Å²) in [5.74, 6) is 2.75. The highest BCUT2D eigenvalue weighted by Crippen LogP contribution is 2.33. The molecule has 0 saturated heterocycles. The number of nitrogens with one attached hydrogen (secondary N) is 2. The molecular formula is C29H38N4O5S. The van der Waals surface area contributed by atoms with Crippen LogP contribution >= 0.6 is 12.2 Å². The molecule has 0 radical (unpaired) electrons. The van der Waals surface area contributed by atoms with E-state index in [0.717, 1.165) is 42.5 Å². The maximum atomic E-state index is 13.1. The molecule has 2 aromatic carbocycles. The average molecular weight is 555 g/mol. The number of benzene rings is 2. The Morgan fingerprint density at radius 3 is 2.41 bits per heavy atom. The van der Waals surface area contributed by atoms with E-state index in [1.54, 1.807) is 14.2 Å². The van der Waals surface area contributed by atoms with Gasteiger partial charge in [-0.3, -0.25) is 4.79 Å². The van der Waals surface area contributed by atoms with Gasteiger partial charge in [-0.2, -0.15) is 0 Å². The van der Waals surface area contributed by atoms with E-state index in [9.17, 15) is 4.79 Å². The standard InChI is InChI=1S/C29H38N4O5S/c1-5-32(6-2)11-12-33(29(39)30-10-9-20-7-8-24(35-3)25(15-20)36-4)19-22-16-21-17-26-27(38-14-13-37-26)18-23(21)31-28(22)34/h7-8,15-18H,5-6,9-14,19H2,1-4H3,(H,30,39)(H,31,34). The van der Waals surface area contributed by atoms with Crippen LogP contribution in [-0.2, 0) is 13.0 Å². The molecule has 9 nitrogen and oxygen atoms in total. The molecule has 0 atom stereocenters. The highest BCUT2D eigenvalue weighted by molar-refractivity contribution is 7.80. The number of nitrogens with zero attached hydrogens (tertiary/aromatic N) is 2. The van der Waals surface area contributed by atoms with Gasteiger partial charge < -0.3 is 39.0 Å². The van der Waals surface area contributed by atoms with Gasteiger partial charge in [-0.25, -0.2) is 0 Å². The number of thiocarbonyl (C=S) groups is 1. The Morgan fingerprint density at radius 2 is 1.72 bits per heavy atom. The zero-order valence-electron chi connectivity index (χ0n) is 23.2. The molecular weight excluding hydrogens is 516 g/mol. The van der Waals surface area contributed by atoms with Crippen molar-refractivity contribution in [3.05, 3.63) is 57.9 Å². The molecule has 0 bridgehead atoms. The van der Waals surface area contributed by atoms with E-state index in [-0.39, 0.29) is 5.56 Å². The number of hydrogen-bond acceptors (Lipinski definition) is 7. The summed E-state index contributed by atoms with van der Waals surface area (Å²) in [5.41, 5.74) is 2.33. The Bertz CT molecular complexity index is 1340. The summed E-state index contributed by atoms with van der Waals surface area (Å²) in [6.07, 6.45) is 0.758. The number of likely N-dealkylation sites (N-methyl/N-ethyl adjacent to an activating group) is 1. The molecule has 210 valence electrons. The normalized spacial score (nSPS) is 12.4. The van der Waals surface area contributed by atoms with Crippen LogP contribution in [0.3, 0.4) is 0 Å². The number of rotatable bonds is 12. The summed E-state index contributed by atoms with van der Waals surface area (Å²) in [5, 5.41) is 4.90. The zero-order valence-corrected chi connectivity index (χ0v) is 24.0. The van der Waals surface area contributed by atoms with Crippen molar-refractivity contribution in [3.63, 3.8) is 0 Å². The number of fused-ring (bicyclic) bond motifs is 2. The number of hydrogen-bond donors (Lipinski definition) is 2. The molecule has 1 aliphatic heterocycles. The van der Waals surface area contributed by atoms with Gasteiger partial charge in [0.15, 0.2) is 28.1 Å². The lowest BCUT2D eigenvalue weighted by Gasteiger charge is -2.29. The minimum absolute atomic E-state index is 0.139. The van der Waals surface area contributed by atoms with E-state index < -0.39 is 0 Å². The third kappa shape index (κ3) is 7.13. The number of methoxy groups -OCH3 is 2. The van der Waals surface area contributed by atoms with Gasteiger partial charge in [-0.05, 0) is 61.6 Å². The van der Waals surface area contributed by atoms with Crippen molar-refractivity contribution in [1.82, 2.24) is 20.1 Å². The fourth-order valence-electron chi connectivity index (χ4n) is 4.63. The van der Waals surface area contributed by atoms with Crippen molar-refractivity contribution in [2.24, 2.45) is 0 Å². The van der Waals surface area contributed by atoms with Crippen LogP contribution in [0.4, 0.5) is 0 Å². The van der Waals surface area contributed by atoms with Crippen LogP contribution in [0.25, 0.3) is 10.9 Å². The summed E-state index contributed by atoms with van der Waals surface area (Å²) in [7, 11) is 3.26. The Morgan fingerprint density at radius 1 is 1.00 bits per heavy atom. The minimum Gasteiger partial charge on any atom is -0.493 e. The molecule has 10 heteroatoms. The van der Waals surface area contributed by atoms with E-state index >= 15 is 0 Å². The van der Waals surface area contributed by atoms with Crippen LogP contribution < -0.4 is 29.8 Å². The van der Waals surface area contributed by atoms with Crippen molar-refractivity contribution in [1.29, 1.82) is 0 Å². The first-order valence-corrected chi connectivity index (χ1v) is 13.8. The largest absolute Gasteiger partial charge is 0.493 e. The third-order valence-corrected chi connectivity index (χ3v) is 7.35. The molecule has 39 heavy (non-hydrogen) atoms. The minimum atomic E-state index is -0.139. The Kier molecular flexibility index (Phi) is 9.89. The third-order valence-electron chi connectivity index (χ3n) is 6.95. The molecule has 1 aromatic heterocycles. The number of ether oxygens (including phenoxy) is 4. The highest BCUT2D eigenvalue weighted by atomic mass is 32.1. The molecule has 0 aliphatic carbocycles. The molecule has 0 unspecified atom stereocenters. The van der Waals surface area contributed by atoms with Crippen molar-refractivity contribution < 1.29 is 18.9 Å². The van der Waals surface area contributed by atoms with Gasteiger partial charge in [-0.15, -0.1) is 0 Å². The SMILES string of the molecule is CCN(CC)CCN(Cc1cc2cc3c(cc2[nH]c1=O)OCCO3)C(=S)NCCc1ccc(OC)c(OC)c1. The summed E-state index contributed by atoms with van der Waals surface area (Å²) < 4.78 is 22.2. The lowest BCUT2D eigenvalue weighted by molar-refractivity contribution is 0.172. The van der Waals surface area contributed by atoms with Gasteiger partial charge >= 0.3 is 0 Å². The van der Waals surface area contributed by atoms with Gasteiger partial charge in [0.1, 0.15) is 13.2 Å². The van der Waals surface area contributed by atoms with Crippen LogP contribution in [0.15, 0.2) is 41.2 Å².